The lowest BCUT2D eigenvalue weighted by Crippen LogP contribution is -2.03. The van der Waals surface area contributed by atoms with Gasteiger partial charge in [0.25, 0.3) is 0 Å². The first-order valence-electron chi connectivity index (χ1n) is 7.08. The van der Waals surface area contributed by atoms with E-state index in [9.17, 15) is 4.79 Å². The molecule has 1 aromatic heterocycles. The van der Waals surface area contributed by atoms with Crippen LogP contribution in [0.15, 0.2) is 48.5 Å². The van der Waals surface area contributed by atoms with Crippen molar-refractivity contribution in [1.82, 2.24) is 9.55 Å². The Hall–Kier alpha value is -2.33. The van der Waals surface area contributed by atoms with Crippen LogP contribution in [0, 0.1) is 0 Å². The Kier molecular flexibility index (Phi) is 4.11. The van der Waals surface area contributed by atoms with Gasteiger partial charge < -0.3 is 9.67 Å². The van der Waals surface area contributed by atoms with E-state index in [-0.39, 0.29) is 6.42 Å². The smallest absolute Gasteiger partial charge is 0.303 e. The molecule has 1 N–H and O–H groups in total. The summed E-state index contributed by atoms with van der Waals surface area (Å²) in [7, 11) is 0. The molecule has 0 atom stereocenters. The number of halogens is 1. The number of hydrogen-bond acceptors (Lipinski definition) is 2. The monoisotopic (exact) mass is 314 g/mol. The number of aliphatic carboxylic acids is 1. The van der Waals surface area contributed by atoms with Gasteiger partial charge in [-0.15, -0.1) is 0 Å². The second-order valence-electron chi connectivity index (χ2n) is 5.08. The SMILES string of the molecule is O=C(O)CCCn1c(-c2cccc(Cl)c2)nc2ccccc21. The molecule has 0 aliphatic rings. The van der Waals surface area contributed by atoms with Gasteiger partial charge in [0, 0.05) is 23.6 Å². The minimum Gasteiger partial charge on any atom is -0.481 e. The van der Waals surface area contributed by atoms with Crippen LogP contribution in [0.5, 0.6) is 0 Å². The lowest BCUT2D eigenvalue weighted by atomic mass is 10.2. The van der Waals surface area contributed by atoms with Crippen molar-refractivity contribution >= 4 is 28.6 Å². The minimum atomic E-state index is -0.784. The first-order valence-corrected chi connectivity index (χ1v) is 7.46. The number of hydrogen-bond donors (Lipinski definition) is 1. The average Bonchev–Trinajstić information content (AvgIpc) is 2.86. The lowest BCUT2D eigenvalue weighted by molar-refractivity contribution is -0.137. The van der Waals surface area contributed by atoms with Crippen molar-refractivity contribution in [2.24, 2.45) is 0 Å². The highest BCUT2D eigenvalue weighted by Crippen LogP contribution is 2.27. The predicted octanol–water partition coefficient (Wildman–Crippen LogP) is 4.22. The molecule has 0 fully saturated rings. The highest BCUT2D eigenvalue weighted by Gasteiger charge is 2.12. The average molecular weight is 315 g/mol. The van der Waals surface area contributed by atoms with E-state index < -0.39 is 5.97 Å². The Morgan fingerprint density at radius 1 is 1.18 bits per heavy atom. The number of aromatic nitrogens is 2. The molecule has 4 nitrogen and oxygen atoms in total. The summed E-state index contributed by atoms with van der Waals surface area (Å²) in [5.74, 6) is 0.0304. The number of aryl methyl sites for hydroxylation is 1. The zero-order chi connectivity index (χ0) is 15.5. The van der Waals surface area contributed by atoms with Crippen LogP contribution < -0.4 is 0 Å². The maximum atomic E-state index is 10.7. The van der Waals surface area contributed by atoms with Gasteiger partial charge in [0.1, 0.15) is 5.82 Å². The number of nitrogens with zero attached hydrogens (tertiary/aromatic N) is 2. The van der Waals surface area contributed by atoms with Crippen molar-refractivity contribution in [2.75, 3.05) is 0 Å². The summed E-state index contributed by atoms with van der Waals surface area (Å²) in [6.07, 6.45) is 0.699. The lowest BCUT2D eigenvalue weighted by Gasteiger charge is -2.09. The normalized spacial score (nSPS) is 11.0. The van der Waals surface area contributed by atoms with Crippen molar-refractivity contribution in [1.29, 1.82) is 0 Å². The topological polar surface area (TPSA) is 55.1 Å². The molecule has 2 aromatic carbocycles. The third-order valence-corrected chi connectivity index (χ3v) is 3.74. The maximum absolute atomic E-state index is 10.7. The summed E-state index contributed by atoms with van der Waals surface area (Å²) in [6, 6.07) is 15.4. The molecule has 0 aliphatic heterocycles. The van der Waals surface area contributed by atoms with Crippen LogP contribution in [0.25, 0.3) is 22.4 Å². The molecule has 0 bridgehead atoms. The quantitative estimate of drug-likeness (QED) is 0.767. The Labute approximate surface area is 133 Å². The summed E-state index contributed by atoms with van der Waals surface area (Å²) in [5.41, 5.74) is 2.83. The number of carboxylic acid groups (broad SMARTS) is 1. The fourth-order valence-corrected chi connectivity index (χ4v) is 2.73. The van der Waals surface area contributed by atoms with E-state index in [2.05, 4.69) is 9.55 Å². The van der Waals surface area contributed by atoms with E-state index in [4.69, 9.17) is 16.7 Å². The van der Waals surface area contributed by atoms with Crippen molar-refractivity contribution in [3.8, 4) is 11.4 Å². The van der Waals surface area contributed by atoms with Crippen molar-refractivity contribution in [3.05, 3.63) is 53.6 Å². The predicted molar refractivity (Wildman–Crippen MR) is 87.0 cm³/mol. The fraction of sp³-hybridized carbons (Fsp3) is 0.176. The van der Waals surface area contributed by atoms with Gasteiger partial charge in [-0.2, -0.15) is 0 Å². The first-order chi connectivity index (χ1) is 10.6. The third-order valence-electron chi connectivity index (χ3n) is 3.51. The van der Waals surface area contributed by atoms with Crippen LogP contribution in [0.3, 0.4) is 0 Å². The van der Waals surface area contributed by atoms with Crippen LogP contribution in [-0.2, 0) is 11.3 Å². The molecule has 112 valence electrons. The number of benzene rings is 2. The zero-order valence-electron chi connectivity index (χ0n) is 11.9. The standard InChI is InChI=1S/C17H15ClN2O2/c18-13-6-3-5-12(11-13)17-19-14-7-1-2-8-15(14)20(17)10-4-9-16(21)22/h1-3,5-8,11H,4,9-10H2,(H,21,22). The number of carbonyl (C=O) groups is 1. The molecule has 0 unspecified atom stereocenters. The number of fused-ring (bicyclic) bond motifs is 1. The van der Waals surface area contributed by atoms with Gasteiger partial charge in [-0.1, -0.05) is 35.9 Å². The van der Waals surface area contributed by atoms with Gasteiger partial charge in [-0.25, -0.2) is 4.98 Å². The summed E-state index contributed by atoms with van der Waals surface area (Å²) >= 11 is 6.08. The summed E-state index contributed by atoms with van der Waals surface area (Å²) in [5, 5.41) is 9.49. The van der Waals surface area contributed by atoms with Gasteiger partial charge in [0.2, 0.25) is 0 Å². The Morgan fingerprint density at radius 2 is 2.00 bits per heavy atom. The molecule has 3 aromatic rings. The van der Waals surface area contributed by atoms with E-state index in [0.29, 0.717) is 18.0 Å². The second-order valence-corrected chi connectivity index (χ2v) is 5.52. The molecular formula is C17H15ClN2O2. The number of rotatable bonds is 5. The van der Waals surface area contributed by atoms with E-state index in [0.717, 1.165) is 22.4 Å². The zero-order valence-corrected chi connectivity index (χ0v) is 12.6. The van der Waals surface area contributed by atoms with Gasteiger partial charge in [-0.05, 0) is 30.7 Å². The number of para-hydroxylation sites is 2. The van der Waals surface area contributed by atoms with Crippen LogP contribution in [0.1, 0.15) is 12.8 Å². The van der Waals surface area contributed by atoms with Crippen molar-refractivity contribution in [3.63, 3.8) is 0 Å². The number of imidazole rings is 1. The summed E-state index contributed by atoms with van der Waals surface area (Å²) < 4.78 is 2.06. The van der Waals surface area contributed by atoms with Crippen LogP contribution >= 0.6 is 11.6 Å². The molecule has 0 radical (unpaired) electrons. The molecule has 1 heterocycles. The highest BCUT2D eigenvalue weighted by molar-refractivity contribution is 6.30. The Balaban J connectivity index is 2.06. The van der Waals surface area contributed by atoms with Crippen LogP contribution in [0.2, 0.25) is 5.02 Å². The van der Waals surface area contributed by atoms with Gasteiger partial charge in [-0.3, -0.25) is 4.79 Å². The molecule has 0 spiro atoms. The molecular weight excluding hydrogens is 300 g/mol. The largest absolute Gasteiger partial charge is 0.481 e. The Morgan fingerprint density at radius 3 is 2.77 bits per heavy atom. The van der Waals surface area contributed by atoms with Crippen molar-refractivity contribution in [2.45, 2.75) is 19.4 Å². The van der Waals surface area contributed by atoms with Crippen molar-refractivity contribution < 1.29 is 9.90 Å². The third kappa shape index (κ3) is 2.97. The van der Waals surface area contributed by atoms with Gasteiger partial charge in [0.05, 0.1) is 11.0 Å². The molecule has 0 saturated carbocycles. The second kappa shape index (κ2) is 6.20. The van der Waals surface area contributed by atoms with Gasteiger partial charge >= 0.3 is 5.97 Å². The minimum absolute atomic E-state index is 0.140. The van der Waals surface area contributed by atoms with E-state index >= 15 is 0 Å². The van der Waals surface area contributed by atoms with Crippen LogP contribution in [-0.4, -0.2) is 20.6 Å². The van der Waals surface area contributed by atoms with Gasteiger partial charge in [0.15, 0.2) is 0 Å². The molecule has 3 rings (SSSR count). The fourth-order valence-electron chi connectivity index (χ4n) is 2.54. The summed E-state index contributed by atoms with van der Waals surface area (Å²) in [6.45, 7) is 0.606. The maximum Gasteiger partial charge on any atom is 0.303 e. The molecule has 0 aliphatic carbocycles. The van der Waals surface area contributed by atoms with E-state index in [1.54, 1.807) is 0 Å². The summed E-state index contributed by atoms with van der Waals surface area (Å²) in [4.78, 5) is 15.4. The molecule has 5 heteroatoms. The molecule has 0 saturated heterocycles. The van der Waals surface area contributed by atoms with E-state index in [1.165, 1.54) is 0 Å². The van der Waals surface area contributed by atoms with E-state index in [1.807, 2.05) is 48.5 Å². The molecule has 22 heavy (non-hydrogen) atoms. The first kappa shape index (κ1) is 14.6. The number of carboxylic acids is 1. The molecule has 0 amide bonds. The Bertz CT molecular complexity index is 826. The van der Waals surface area contributed by atoms with Crippen LogP contribution in [0.4, 0.5) is 0 Å². The highest BCUT2D eigenvalue weighted by atomic mass is 35.5.